The molecule has 17 heavy (non-hydrogen) atoms. The van der Waals surface area contributed by atoms with E-state index in [-0.39, 0.29) is 0 Å². The van der Waals surface area contributed by atoms with E-state index in [2.05, 4.69) is 41.8 Å². The molecule has 1 aromatic rings. The fourth-order valence-electron chi connectivity index (χ4n) is 2.46. The van der Waals surface area contributed by atoms with Gasteiger partial charge in [0.05, 0.1) is 6.33 Å². The molecule has 3 nitrogen and oxygen atoms in total. The molecular weight excluding hydrogens is 210 g/mol. The normalized spacial score (nSPS) is 19.8. The quantitative estimate of drug-likeness (QED) is 0.869. The van der Waals surface area contributed by atoms with E-state index in [1.807, 2.05) is 6.33 Å². The second-order valence-corrected chi connectivity index (χ2v) is 5.72. The van der Waals surface area contributed by atoms with E-state index in [0.29, 0.717) is 11.8 Å². The van der Waals surface area contributed by atoms with Crippen LogP contribution in [0, 0.1) is 11.8 Å². The van der Waals surface area contributed by atoms with E-state index in [9.17, 15) is 0 Å². The van der Waals surface area contributed by atoms with Gasteiger partial charge in [0.2, 0.25) is 0 Å². The molecule has 1 aliphatic rings. The van der Waals surface area contributed by atoms with Crippen molar-refractivity contribution in [1.82, 2.24) is 14.9 Å². The molecule has 0 bridgehead atoms. The molecule has 1 aliphatic heterocycles. The summed E-state index contributed by atoms with van der Waals surface area (Å²) >= 11 is 0. The van der Waals surface area contributed by atoms with Crippen LogP contribution in [0.25, 0.3) is 0 Å². The first-order chi connectivity index (χ1) is 8.18. The van der Waals surface area contributed by atoms with Crippen molar-refractivity contribution in [1.29, 1.82) is 0 Å². The van der Waals surface area contributed by atoms with Crippen LogP contribution in [0.2, 0.25) is 0 Å². The largest absolute Gasteiger partial charge is 0.334 e. The van der Waals surface area contributed by atoms with Crippen LogP contribution >= 0.6 is 0 Å². The van der Waals surface area contributed by atoms with E-state index >= 15 is 0 Å². The highest BCUT2D eigenvalue weighted by Gasteiger charge is 2.19. The molecule has 3 heteroatoms. The van der Waals surface area contributed by atoms with Crippen LogP contribution < -0.4 is 5.32 Å². The summed E-state index contributed by atoms with van der Waals surface area (Å²) < 4.78 is 2.38. The van der Waals surface area contributed by atoms with Crippen molar-refractivity contribution < 1.29 is 0 Å². The van der Waals surface area contributed by atoms with Gasteiger partial charge in [-0.3, -0.25) is 0 Å². The zero-order chi connectivity index (χ0) is 12.3. The molecule has 1 saturated heterocycles. The minimum absolute atomic E-state index is 0.707. The molecular formula is C14H25N3. The fourth-order valence-corrected chi connectivity index (χ4v) is 2.46. The minimum Gasteiger partial charge on any atom is -0.334 e. The zero-order valence-corrected chi connectivity index (χ0v) is 11.3. The average Bonchev–Trinajstić information content (AvgIpc) is 2.78. The lowest BCUT2D eigenvalue weighted by Gasteiger charge is -2.25. The maximum absolute atomic E-state index is 4.35. The van der Waals surface area contributed by atoms with Crippen LogP contribution in [0.3, 0.4) is 0 Å². The third-order valence-electron chi connectivity index (χ3n) is 4.12. The molecule has 0 radical (unpaired) electrons. The summed E-state index contributed by atoms with van der Waals surface area (Å²) in [6, 6.07) is 0. The van der Waals surface area contributed by atoms with Crippen LogP contribution in [0.1, 0.15) is 45.2 Å². The predicted octanol–water partition coefficient (Wildman–Crippen LogP) is 2.64. The third kappa shape index (κ3) is 3.09. The van der Waals surface area contributed by atoms with Gasteiger partial charge in [-0.2, -0.15) is 0 Å². The molecule has 0 saturated carbocycles. The lowest BCUT2D eigenvalue weighted by atomic mass is 9.94. The molecule has 1 N–H and O–H groups in total. The van der Waals surface area contributed by atoms with Gasteiger partial charge in [0.15, 0.2) is 0 Å². The summed E-state index contributed by atoms with van der Waals surface area (Å²) in [4.78, 5) is 4.35. The Morgan fingerprint density at radius 1 is 1.35 bits per heavy atom. The van der Waals surface area contributed by atoms with Crippen molar-refractivity contribution in [3.63, 3.8) is 0 Å². The molecule has 2 heterocycles. The number of hydrogen-bond acceptors (Lipinski definition) is 2. The molecule has 96 valence electrons. The Morgan fingerprint density at radius 3 is 2.71 bits per heavy atom. The van der Waals surface area contributed by atoms with Crippen LogP contribution in [-0.4, -0.2) is 22.6 Å². The SMILES string of the molecule is CC(C)C(C)Cn1cncc1C1CCNCC1. The number of rotatable bonds is 4. The van der Waals surface area contributed by atoms with Crippen LogP contribution in [0.15, 0.2) is 12.5 Å². The minimum atomic E-state index is 0.707. The number of nitrogens with one attached hydrogen (secondary N) is 1. The van der Waals surface area contributed by atoms with E-state index in [4.69, 9.17) is 0 Å². The second-order valence-electron chi connectivity index (χ2n) is 5.72. The molecule has 1 atom stereocenters. The molecule has 1 fully saturated rings. The third-order valence-corrected chi connectivity index (χ3v) is 4.12. The van der Waals surface area contributed by atoms with E-state index < -0.39 is 0 Å². The lowest BCUT2D eigenvalue weighted by molar-refractivity contribution is 0.350. The first-order valence-electron chi connectivity index (χ1n) is 6.89. The van der Waals surface area contributed by atoms with E-state index in [1.165, 1.54) is 18.5 Å². The smallest absolute Gasteiger partial charge is 0.0948 e. The topological polar surface area (TPSA) is 29.9 Å². The van der Waals surface area contributed by atoms with Crippen molar-refractivity contribution in [3.05, 3.63) is 18.2 Å². The number of imidazole rings is 1. The van der Waals surface area contributed by atoms with E-state index in [1.54, 1.807) is 0 Å². The highest BCUT2D eigenvalue weighted by Crippen LogP contribution is 2.26. The maximum Gasteiger partial charge on any atom is 0.0948 e. The van der Waals surface area contributed by atoms with Gasteiger partial charge >= 0.3 is 0 Å². The van der Waals surface area contributed by atoms with Gasteiger partial charge < -0.3 is 9.88 Å². The van der Waals surface area contributed by atoms with Crippen LogP contribution in [-0.2, 0) is 6.54 Å². The molecule has 0 spiro atoms. The van der Waals surface area contributed by atoms with Crippen molar-refractivity contribution in [2.75, 3.05) is 13.1 Å². The summed E-state index contributed by atoms with van der Waals surface area (Å²) in [7, 11) is 0. The monoisotopic (exact) mass is 235 g/mol. The Hall–Kier alpha value is -0.830. The van der Waals surface area contributed by atoms with Gasteiger partial charge in [0.25, 0.3) is 0 Å². The lowest BCUT2D eigenvalue weighted by Crippen LogP contribution is -2.28. The Kier molecular flexibility index (Phi) is 4.21. The average molecular weight is 235 g/mol. The predicted molar refractivity (Wildman–Crippen MR) is 71.1 cm³/mol. The van der Waals surface area contributed by atoms with Crippen LogP contribution in [0.4, 0.5) is 0 Å². The second kappa shape index (κ2) is 5.67. The summed E-state index contributed by atoms with van der Waals surface area (Å²) in [6.45, 7) is 10.3. The highest BCUT2D eigenvalue weighted by atomic mass is 15.1. The number of piperidine rings is 1. The molecule has 1 aromatic heterocycles. The zero-order valence-electron chi connectivity index (χ0n) is 11.3. The Labute approximate surface area is 105 Å². The van der Waals surface area contributed by atoms with Gasteiger partial charge in [0, 0.05) is 24.4 Å². The van der Waals surface area contributed by atoms with Crippen molar-refractivity contribution in [2.45, 2.75) is 46.1 Å². The fraction of sp³-hybridized carbons (Fsp3) is 0.786. The Balaban J connectivity index is 2.05. The molecule has 2 rings (SSSR count). The van der Waals surface area contributed by atoms with E-state index in [0.717, 1.165) is 25.6 Å². The highest BCUT2D eigenvalue weighted by molar-refractivity contribution is 5.08. The summed E-state index contributed by atoms with van der Waals surface area (Å²) in [5.74, 6) is 2.15. The standard InChI is InChI=1S/C14H25N3/c1-11(2)12(3)9-17-10-16-8-14(17)13-4-6-15-7-5-13/h8,10-13,15H,4-7,9H2,1-3H3. The maximum atomic E-state index is 4.35. The van der Waals surface area contributed by atoms with Crippen molar-refractivity contribution in [2.24, 2.45) is 11.8 Å². The van der Waals surface area contributed by atoms with Gasteiger partial charge in [-0.15, -0.1) is 0 Å². The van der Waals surface area contributed by atoms with Gasteiger partial charge in [-0.1, -0.05) is 20.8 Å². The summed E-state index contributed by atoms with van der Waals surface area (Å²) in [5, 5.41) is 3.43. The van der Waals surface area contributed by atoms with Crippen LogP contribution in [0.5, 0.6) is 0 Å². The number of aromatic nitrogens is 2. The summed E-state index contributed by atoms with van der Waals surface area (Å²) in [6.07, 6.45) is 6.59. The molecule has 1 unspecified atom stereocenters. The first-order valence-corrected chi connectivity index (χ1v) is 6.89. The molecule has 0 amide bonds. The van der Waals surface area contributed by atoms with Crippen molar-refractivity contribution >= 4 is 0 Å². The Bertz CT molecular complexity index is 337. The number of nitrogens with zero attached hydrogens (tertiary/aromatic N) is 2. The van der Waals surface area contributed by atoms with Crippen molar-refractivity contribution in [3.8, 4) is 0 Å². The molecule has 0 aromatic carbocycles. The molecule has 0 aliphatic carbocycles. The van der Waals surface area contributed by atoms with Gasteiger partial charge in [-0.05, 0) is 37.8 Å². The first kappa shape index (κ1) is 12.6. The van der Waals surface area contributed by atoms with Gasteiger partial charge in [-0.25, -0.2) is 4.98 Å². The Morgan fingerprint density at radius 2 is 2.06 bits per heavy atom. The van der Waals surface area contributed by atoms with Gasteiger partial charge in [0.1, 0.15) is 0 Å². The summed E-state index contributed by atoms with van der Waals surface area (Å²) in [5.41, 5.74) is 1.44. The number of hydrogen-bond donors (Lipinski definition) is 1.